The van der Waals surface area contributed by atoms with Crippen molar-refractivity contribution in [3.05, 3.63) is 16.1 Å². The Labute approximate surface area is 70.5 Å². The van der Waals surface area contributed by atoms with Crippen molar-refractivity contribution in [1.29, 1.82) is 0 Å². The SMILES string of the molecule is CC(N)c1nc(C2CC2)cs1. The fraction of sp³-hybridized carbons (Fsp3) is 0.625. The molecule has 1 aliphatic rings. The van der Waals surface area contributed by atoms with E-state index in [-0.39, 0.29) is 6.04 Å². The van der Waals surface area contributed by atoms with Crippen molar-refractivity contribution in [3.8, 4) is 0 Å². The molecule has 0 radical (unpaired) electrons. The Morgan fingerprint density at radius 1 is 1.73 bits per heavy atom. The highest BCUT2D eigenvalue weighted by Crippen LogP contribution is 2.40. The largest absolute Gasteiger partial charge is 0.322 e. The van der Waals surface area contributed by atoms with Crippen molar-refractivity contribution in [2.75, 3.05) is 0 Å². The van der Waals surface area contributed by atoms with E-state index < -0.39 is 0 Å². The summed E-state index contributed by atoms with van der Waals surface area (Å²) in [6.45, 7) is 1.98. The highest BCUT2D eigenvalue weighted by molar-refractivity contribution is 7.09. The van der Waals surface area contributed by atoms with Gasteiger partial charge in [-0.15, -0.1) is 11.3 Å². The van der Waals surface area contributed by atoms with Gasteiger partial charge in [-0.05, 0) is 19.8 Å². The molecule has 1 atom stereocenters. The first kappa shape index (κ1) is 7.25. The van der Waals surface area contributed by atoms with E-state index >= 15 is 0 Å². The summed E-state index contributed by atoms with van der Waals surface area (Å²) in [6, 6.07) is 0.104. The fourth-order valence-corrected chi connectivity index (χ4v) is 1.94. The lowest BCUT2D eigenvalue weighted by molar-refractivity contribution is 0.797. The number of hydrogen-bond donors (Lipinski definition) is 1. The Balaban J connectivity index is 2.18. The first-order chi connectivity index (χ1) is 5.27. The summed E-state index contributed by atoms with van der Waals surface area (Å²) in [7, 11) is 0. The molecule has 2 N–H and O–H groups in total. The van der Waals surface area contributed by atoms with E-state index in [0.717, 1.165) is 10.9 Å². The van der Waals surface area contributed by atoms with Crippen LogP contribution in [0, 0.1) is 0 Å². The standard InChI is InChI=1S/C8H12N2S/c1-5(9)8-10-7(4-11-8)6-2-3-6/h4-6H,2-3,9H2,1H3. The van der Waals surface area contributed by atoms with Crippen LogP contribution in [0.25, 0.3) is 0 Å². The summed E-state index contributed by atoms with van der Waals surface area (Å²) in [4.78, 5) is 4.47. The number of nitrogens with zero attached hydrogens (tertiary/aromatic N) is 1. The summed E-state index contributed by atoms with van der Waals surface area (Å²) in [5.41, 5.74) is 6.96. The van der Waals surface area contributed by atoms with E-state index in [1.165, 1.54) is 18.5 Å². The maximum atomic E-state index is 5.70. The molecule has 1 fully saturated rings. The van der Waals surface area contributed by atoms with Crippen LogP contribution >= 0.6 is 11.3 Å². The third-order valence-electron chi connectivity index (χ3n) is 1.92. The van der Waals surface area contributed by atoms with Gasteiger partial charge in [0, 0.05) is 11.3 Å². The molecule has 60 valence electrons. The van der Waals surface area contributed by atoms with Gasteiger partial charge in [0.2, 0.25) is 0 Å². The number of rotatable bonds is 2. The van der Waals surface area contributed by atoms with Gasteiger partial charge in [0.25, 0.3) is 0 Å². The Morgan fingerprint density at radius 3 is 2.91 bits per heavy atom. The molecule has 1 aromatic rings. The highest BCUT2D eigenvalue weighted by atomic mass is 32.1. The van der Waals surface area contributed by atoms with Gasteiger partial charge in [-0.1, -0.05) is 0 Å². The van der Waals surface area contributed by atoms with Gasteiger partial charge in [0.15, 0.2) is 0 Å². The molecule has 3 heteroatoms. The van der Waals surface area contributed by atoms with E-state index in [2.05, 4.69) is 10.4 Å². The average molecular weight is 168 g/mol. The topological polar surface area (TPSA) is 38.9 Å². The Kier molecular flexibility index (Phi) is 1.69. The number of nitrogens with two attached hydrogens (primary N) is 1. The predicted molar refractivity (Wildman–Crippen MR) is 46.7 cm³/mol. The average Bonchev–Trinajstić information content (AvgIpc) is 2.68. The van der Waals surface area contributed by atoms with Crippen molar-refractivity contribution >= 4 is 11.3 Å². The molecule has 0 saturated heterocycles. The lowest BCUT2D eigenvalue weighted by Crippen LogP contribution is -2.04. The first-order valence-electron chi connectivity index (χ1n) is 3.98. The van der Waals surface area contributed by atoms with E-state index in [1.807, 2.05) is 6.92 Å². The highest BCUT2D eigenvalue weighted by Gasteiger charge is 2.26. The van der Waals surface area contributed by atoms with Gasteiger partial charge in [0.05, 0.1) is 11.7 Å². The minimum absolute atomic E-state index is 0.104. The molecular weight excluding hydrogens is 156 g/mol. The molecule has 0 amide bonds. The molecule has 1 heterocycles. The van der Waals surface area contributed by atoms with Crippen molar-refractivity contribution < 1.29 is 0 Å². The van der Waals surface area contributed by atoms with Gasteiger partial charge in [0.1, 0.15) is 5.01 Å². The van der Waals surface area contributed by atoms with Crippen LogP contribution in [0.3, 0.4) is 0 Å². The molecule has 0 bridgehead atoms. The second-order valence-corrected chi connectivity index (χ2v) is 4.06. The van der Waals surface area contributed by atoms with E-state index in [9.17, 15) is 0 Å². The third kappa shape index (κ3) is 1.44. The van der Waals surface area contributed by atoms with Crippen LogP contribution in [0.1, 0.15) is 42.4 Å². The van der Waals surface area contributed by atoms with Gasteiger partial charge in [-0.25, -0.2) is 4.98 Å². The number of thiazole rings is 1. The molecule has 1 saturated carbocycles. The smallest absolute Gasteiger partial charge is 0.109 e. The Hall–Kier alpha value is -0.410. The normalized spacial score (nSPS) is 20.2. The minimum Gasteiger partial charge on any atom is -0.322 e. The zero-order valence-electron chi connectivity index (χ0n) is 6.58. The Bertz CT molecular complexity index is 234. The van der Waals surface area contributed by atoms with E-state index in [4.69, 9.17) is 5.73 Å². The molecule has 2 rings (SSSR count). The van der Waals surface area contributed by atoms with Crippen LogP contribution in [0.4, 0.5) is 0 Å². The van der Waals surface area contributed by atoms with E-state index in [1.54, 1.807) is 11.3 Å². The molecule has 11 heavy (non-hydrogen) atoms. The lowest BCUT2D eigenvalue weighted by Gasteiger charge is -1.96. The molecule has 1 unspecified atom stereocenters. The maximum absolute atomic E-state index is 5.70. The molecule has 0 aliphatic heterocycles. The number of aromatic nitrogens is 1. The zero-order valence-corrected chi connectivity index (χ0v) is 7.40. The second-order valence-electron chi connectivity index (χ2n) is 3.17. The molecule has 0 aromatic carbocycles. The van der Waals surface area contributed by atoms with Gasteiger partial charge < -0.3 is 5.73 Å². The summed E-state index contributed by atoms with van der Waals surface area (Å²) < 4.78 is 0. The van der Waals surface area contributed by atoms with Crippen LogP contribution in [0.2, 0.25) is 0 Å². The molecule has 1 aromatic heterocycles. The summed E-state index contributed by atoms with van der Waals surface area (Å²) in [5, 5.41) is 3.23. The summed E-state index contributed by atoms with van der Waals surface area (Å²) in [6.07, 6.45) is 2.64. The fourth-order valence-electron chi connectivity index (χ4n) is 1.08. The third-order valence-corrected chi connectivity index (χ3v) is 2.99. The number of hydrogen-bond acceptors (Lipinski definition) is 3. The van der Waals surface area contributed by atoms with Gasteiger partial charge in [-0.2, -0.15) is 0 Å². The molecule has 1 aliphatic carbocycles. The minimum atomic E-state index is 0.104. The van der Waals surface area contributed by atoms with Crippen LogP contribution in [-0.4, -0.2) is 4.98 Å². The maximum Gasteiger partial charge on any atom is 0.109 e. The van der Waals surface area contributed by atoms with Crippen LogP contribution in [0.5, 0.6) is 0 Å². The summed E-state index contributed by atoms with van der Waals surface area (Å²) >= 11 is 1.69. The first-order valence-corrected chi connectivity index (χ1v) is 4.86. The van der Waals surface area contributed by atoms with E-state index in [0.29, 0.717) is 0 Å². The quantitative estimate of drug-likeness (QED) is 0.734. The lowest BCUT2D eigenvalue weighted by atomic mass is 10.3. The van der Waals surface area contributed by atoms with Crippen molar-refractivity contribution in [1.82, 2.24) is 4.98 Å². The molecule has 2 nitrogen and oxygen atoms in total. The Morgan fingerprint density at radius 2 is 2.45 bits per heavy atom. The van der Waals surface area contributed by atoms with Crippen molar-refractivity contribution in [3.63, 3.8) is 0 Å². The van der Waals surface area contributed by atoms with Crippen LogP contribution < -0.4 is 5.73 Å². The summed E-state index contributed by atoms with van der Waals surface area (Å²) in [5.74, 6) is 0.763. The monoisotopic (exact) mass is 168 g/mol. The van der Waals surface area contributed by atoms with Crippen molar-refractivity contribution in [2.24, 2.45) is 5.73 Å². The molecular formula is C8H12N2S. The van der Waals surface area contributed by atoms with Crippen LogP contribution in [-0.2, 0) is 0 Å². The van der Waals surface area contributed by atoms with Gasteiger partial charge >= 0.3 is 0 Å². The van der Waals surface area contributed by atoms with Crippen LogP contribution in [0.15, 0.2) is 5.38 Å². The second kappa shape index (κ2) is 2.57. The predicted octanol–water partition coefficient (Wildman–Crippen LogP) is 2.04. The zero-order chi connectivity index (χ0) is 7.84. The molecule has 0 spiro atoms. The van der Waals surface area contributed by atoms with Crippen molar-refractivity contribution in [2.45, 2.75) is 31.7 Å². The van der Waals surface area contributed by atoms with Gasteiger partial charge in [-0.3, -0.25) is 0 Å².